The number of carbonyl (C=O) groups is 1. The van der Waals surface area contributed by atoms with E-state index in [1.165, 1.54) is 4.52 Å². The maximum atomic E-state index is 11.9. The molecule has 0 aliphatic carbocycles. The van der Waals surface area contributed by atoms with Gasteiger partial charge in [0.2, 0.25) is 5.69 Å². The average molecular weight is 244 g/mol. The zero-order valence-electron chi connectivity index (χ0n) is 9.34. The van der Waals surface area contributed by atoms with Crippen LogP contribution in [0.5, 0.6) is 0 Å². The van der Waals surface area contributed by atoms with Crippen LogP contribution in [0.4, 0.5) is 0 Å². The summed E-state index contributed by atoms with van der Waals surface area (Å²) < 4.78 is 1.25. The highest BCUT2D eigenvalue weighted by Crippen LogP contribution is 2.14. The Bertz CT molecular complexity index is 846. The zero-order valence-corrected chi connectivity index (χ0v) is 9.34. The van der Waals surface area contributed by atoms with E-state index in [0.717, 1.165) is 5.56 Å². The predicted octanol–water partition coefficient (Wildman–Crippen LogP) is 0.577. The van der Waals surface area contributed by atoms with Gasteiger partial charge < -0.3 is 10.1 Å². The SMILES string of the molecule is Cc1ccc2c(c1)[nH]c(=O)c1c(C(=O)O)nnn12. The minimum atomic E-state index is -1.28. The fourth-order valence-corrected chi connectivity index (χ4v) is 1.91. The van der Waals surface area contributed by atoms with Crippen LogP contribution < -0.4 is 5.56 Å². The Morgan fingerprint density at radius 3 is 2.94 bits per heavy atom. The summed E-state index contributed by atoms with van der Waals surface area (Å²) in [6, 6.07) is 5.40. The second kappa shape index (κ2) is 3.39. The van der Waals surface area contributed by atoms with Crippen molar-refractivity contribution in [2.45, 2.75) is 6.92 Å². The van der Waals surface area contributed by atoms with E-state index >= 15 is 0 Å². The number of nitrogens with one attached hydrogen (secondary N) is 1. The molecule has 0 amide bonds. The second-order valence-corrected chi connectivity index (χ2v) is 3.98. The molecule has 18 heavy (non-hydrogen) atoms. The molecule has 0 unspecified atom stereocenters. The van der Waals surface area contributed by atoms with Crippen molar-refractivity contribution in [1.29, 1.82) is 0 Å². The number of nitrogens with zero attached hydrogens (tertiary/aromatic N) is 3. The number of benzene rings is 1. The monoisotopic (exact) mass is 244 g/mol. The van der Waals surface area contributed by atoms with Crippen molar-refractivity contribution in [3.63, 3.8) is 0 Å². The fourth-order valence-electron chi connectivity index (χ4n) is 1.91. The predicted molar refractivity (Wildman–Crippen MR) is 62.8 cm³/mol. The minimum Gasteiger partial charge on any atom is -0.476 e. The lowest BCUT2D eigenvalue weighted by Gasteiger charge is -2.01. The van der Waals surface area contributed by atoms with Crippen molar-refractivity contribution in [1.82, 2.24) is 19.8 Å². The molecule has 90 valence electrons. The van der Waals surface area contributed by atoms with Gasteiger partial charge in [-0.3, -0.25) is 4.79 Å². The van der Waals surface area contributed by atoms with Crippen molar-refractivity contribution in [3.05, 3.63) is 39.8 Å². The highest BCUT2D eigenvalue weighted by Gasteiger charge is 2.18. The summed E-state index contributed by atoms with van der Waals surface area (Å²) in [5.74, 6) is -1.28. The third-order valence-electron chi connectivity index (χ3n) is 2.72. The van der Waals surface area contributed by atoms with Crippen LogP contribution in [0, 0.1) is 6.92 Å². The summed E-state index contributed by atoms with van der Waals surface area (Å²) in [6.45, 7) is 1.89. The van der Waals surface area contributed by atoms with Gasteiger partial charge in [-0.2, -0.15) is 0 Å². The molecule has 0 aliphatic heterocycles. The summed E-state index contributed by atoms with van der Waals surface area (Å²) >= 11 is 0. The Labute approximate surface area is 99.7 Å². The molecule has 0 atom stereocenters. The van der Waals surface area contributed by atoms with E-state index in [9.17, 15) is 9.59 Å². The molecule has 2 N–H and O–H groups in total. The number of carboxylic acids is 1. The van der Waals surface area contributed by atoms with E-state index in [0.29, 0.717) is 11.0 Å². The number of hydrogen-bond donors (Lipinski definition) is 2. The van der Waals surface area contributed by atoms with Crippen LogP contribution in [0.1, 0.15) is 16.1 Å². The van der Waals surface area contributed by atoms with Crippen molar-refractivity contribution in [2.75, 3.05) is 0 Å². The Morgan fingerprint density at radius 2 is 2.22 bits per heavy atom. The van der Waals surface area contributed by atoms with Gasteiger partial charge in [0.25, 0.3) is 5.56 Å². The van der Waals surface area contributed by atoms with E-state index < -0.39 is 11.5 Å². The first kappa shape index (κ1) is 10.5. The Hall–Kier alpha value is -2.70. The fraction of sp³-hybridized carbons (Fsp3) is 0.0909. The molecule has 2 heterocycles. The van der Waals surface area contributed by atoms with E-state index in [1.54, 1.807) is 12.1 Å². The molecule has 7 heteroatoms. The molecule has 0 saturated carbocycles. The van der Waals surface area contributed by atoms with E-state index in [1.807, 2.05) is 13.0 Å². The van der Waals surface area contributed by atoms with E-state index in [4.69, 9.17) is 5.11 Å². The molecule has 0 fully saturated rings. The van der Waals surface area contributed by atoms with Gasteiger partial charge in [-0.05, 0) is 24.6 Å². The van der Waals surface area contributed by atoms with Crippen LogP contribution in [0.25, 0.3) is 16.6 Å². The number of aryl methyl sites for hydroxylation is 1. The van der Waals surface area contributed by atoms with Gasteiger partial charge in [-0.25, -0.2) is 9.31 Å². The van der Waals surface area contributed by atoms with Gasteiger partial charge in [0.05, 0.1) is 11.0 Å². The summed E-state index contributed by atoms with van der Waals surface area (Å²) in [7, 11) is 0. The van der Waals surface area contributed by atoms with Crippen molar-refractivity contribution in [2.24, 2.45) is 0 Å². The van der Waals surface area contributed by atoms with Gasteiger partial charge in [0.15, 0.2) is 5.52 Å². The number of aromatic amines is 1. The topological polar surface area (TPSA) is 100 Å². The maximum Gasteiger partial charge on any atom is 0.358 e. The number of hydrogen-bond acceptors (Lipinski definition) is 4. The maximum absolute atomic E-state index is 11.9. The standard InChI is InChI=1S/C11H8N4O3/c1-5-2-3-7-6(4-5)12-10(16)9-8(11(17)18)13-14-15(7)9/h2-4H,1H3,(H,12,16)(H,17,18). The molecule has 2 aromatic heterocycles. The molecular formula is C11H8N4O3. The van der Waals surface area contributed by atoms with Crippen LogP contribution in [-0.2, 0) is 0 Å². The third kappa shape index (κ3) is 1.30. The van der Waals surface area contributed by atoms with Gasteiger partial charge in [-0.1, -0.05) is 11.3 Å². The zero-order chi connectivity index (χ0) is 12.9. The molecule has 3 rings (SSSR count). The Morgan fingerprint density at radius 1 is 1.44 bits per heavy atom. The molecule has 3 aromatic rings. The molecule has 0 aliphatic rings. The highest BCUT2D eigenvalue weighted by atomic mass is 16.4. The molecule has 0 radical (unpaired) electrons. The van der Waals surface area contributed by atoms with E-state index in [-0.39, 0.29) is 11.2 Å². The van der Waals surface area contributed by atoms with Crippen LogP contribution >= 0.6 is 0 Å². The van der Waals surface area contributed by atoms with Crippen LogP contribution in [-0.4, -0.2) is 30.9 Å². The number of fused-ring (bicyclic) bond motifs is 3. The number of carboxylic acid groups (broad SMARTS) is 1. The summed E-state index contributed by atoms with van der Waals surface area (Å²) in [5.41, 5.74) is 1.26. The normalized spacial score (nSPS) is 11.2. The van der Waals surface area contributed by atoms with Crippen molar-refractivity contribution < 1.29 is 9.90 Å². The lowest BCUT2D eigenvalue weighted by molar-refractivity contribution is 0.0692. The number of rotatable bonds is 1. The summed E-state index contributed by atoms with van der Waals surface area (Å²) in [4.78, 5) is 25.5. The smallest absolute Gasteiger partial charge is 0.358 e. The van der Waals surface area contributed by atoms with Gasteiger partial charge in [0, 0.05) is 0 Å². The molecule has 0 spiro atoms. The van der Waals surface area contributed by atoms with Crippen molar-refractivity contribution >= 4 is 22.5 Å². The quantitative estimate of drug-likeness (QED) is 0.652. The molecule has 0 bridgehead atoms. The number of aromatic nitrogens is 4. The van der Waals surface area contributed by atoms with Crippen LogP contribution in [0.3, 0.4) is 0 Å². The van der Waals surface area contributed by atoms with Crippen LogP contribution in [0.2, 0.25) is 0 Å². The van der Waals surface area contributed by atoms with Crippen LogP contribution in [0.15, 0.2) is 23.0 Å². The lowest BCUT2D eigenvalue weighted by atomic mass is 10.2. The number of aromatic carboxylic acids is 1. The average Bonchev–Trinajstić information content (AvgIpc) is 2.73. The second-order valence-electron chi connectivity index (χ2n) is 3.98. The largest absolute Gasteiger partial charge is 0.476 e. The summed E-state index contributed by atoms with van der Waals surface area (Å²) in [5, 5.41) is 16.2. The summed E-state index contributed by atoms with van der Waals surface area (Å²) in [6.07, 6.45) is 0. The molecule has 7 nitrogen and oxygen atoms in total. The van der Waals surface area contributed by atoms with Gasteiger partial charge >= 0.3 is 5.97 Å². The first-order valence-electron chi connectivity index (χ1n) is 5.19. The highest BCUT2D eigenvalue weighted by molar-refractivity contribution is 5.94. The van der Waals surface area contributed by atoms with Gasteiger partial charge in [-0.15, -0.1) is 5.10 Å². The number of H-pyrrole nitrogens is 1. The Balaban J connectivity index is 2.57. The molecule has 1 aromatic carbocycles. The van der Waals surface area contributed by atoms with Crippen molar-refractivity contribution in [3.8, 4) is 0 Å². The first-order chi connectivity index (χ1) is 8.58. The third-order valence-corrected chi connectivity index (χ3v) is 2.72. The Kier molecular flexibility index (Phi) is 1.97. The molecular weight excluding hydrogens is 236 g/mol. The lowest BCUT2D eigenvalue weighted by Crippen LogP contribution is -2.13. The first-order valence-corrected chi connectivity index (χ1v) is 5.19. The molecule has 0 saturated heterocycles. The van der Waals surface area contributed by atoms with Gasteiger partial charge in [0.1, 0.15) is 0 Å². The minimum absolute atomic E-state index is 0.0566. The van der Waals surface area contributed by atoms with E-state index in [2.05, 4.69) is 15.3 Å².